The van der Waals surface area contributed by atoms with Crippen molar-refractivity contribution < 1.29 is 4.42 Å². The Kier molecular flexibility index (Phi) is 5.22. The lowest BCUT2D eigenvalue weighted by Gasteiger charge is -2.32. The van der Waals surface area contributed by atoms with E-state index in [0.29, 0.717) is 0 Å². The van der Waals surface area contributed by atoms with E-state index in [1.807, 2.05) is 0 Å². The predicted molar refractivity (Wildman–Crippen MR) is 77.4 cm³/mol. The average molecular weight is 266 g/mol. The summed E-state index contributed by atoms with van der Waals surface area (Å²) in [6.45, 7) is 7.14. The summed E-state index contributed by atoms with van der Waals surface area (Å²) in [5.74, 6) is 0.808. The molecule has 19 heavy (non-hydrogen) atoms. The van der Waals surface area contributed by atoms with Crippen molar-refractivity contribution in [3.63, 3.8) is 0 Å². The zero-order valence-corrected chi connectivity index (χ0v) is 12.4. The third-order valence-corrected chi connectivity index (χ3v) is 3.60. The van der Waals surface area contributed by atoms with Gasteiger partial charge >= 0.3 is 0 Å². The highest BCUT2D eigenvalue weighted by Gasteiger charge is 2.22. The molecule has 0 aromatic carbocycles. The fourth-order valence-corrected chi connectivity index (χ4v) is 2.60. The van der Waals surface area contributed by atoms with Crippen molar-refractivity contribution >= 4 is 6.01 Å². The lowest BCUT2D eigenvalue weighted by molar-refractivity contribution is 0.281. The Morgan fingerprint density at radius 3 is 2.79 bits per heavy atom. The van der Waals surface area contributed by atoms with Gasteiger partial charge in [-0.1, -0.05) is 6.92 Å². The van der Waals surface area contributed by atoms with Crippen LogP contribution in [0.5, 0.6) is 0 Å². The van der Waals surface area contributed by atoms with Crippen molar-refractivity contribution in [3.05, 3.63) is 12.0 Å². The maximum Gasteiger partial charge on any atom is 0.297 e. The predicted octanol–water partition coefficient (Wildman–Crippen LogP) is 1.56. The van der Waals surface area contributed by atoms with Gasteiger partial charge in [-0.25, -0.2) is 0 Å². The molecule has 1 aromatic heterocycles. The Balaban J connectivity index is 1.82. The second kappa shape index (κ2) is 6.91. The fraction of sp³-hybridized carbons (Fsp3) is 0.786. The minimum atomic E-state index is 0.788. The van der Waals surface area contributed by atoms with E-state index in [9.17, 15) is 0 Å². The SMILES string of the molecule is CCNCc1coc(N2CCC(CN(C)C)CC2)n1. The lowest BCUT2D eigenvalue weighted by atomic mass is 9.97. The minimum absolute atomic E-state index is 0.788. The molecule has 1 fully saturated rings. The summed E-state index contributed by atoms with van der Waals surface area (Å²) in [5, 5.41) is 3.26. The molecule has 2 heterocycles. The normalized spacial score (nSPS) is 17.4. The summed E-state index contributed by atoms with van der Waals surface area (Å²) in [6.07, 6.45) is 4.22. The summed E-state index contributed by atoms with van der Waals surface area (Å²) >= 11 is 0. The molecule has 108 valence electrons. The van der Waals surface area contributed by atoms with Crippen LogP contribution in [0.4, 0.5) is 6.01 Å². The van der Waals surface area contributed by atoms with Crippen molar-refractivity contribution in [1.29, 1.82) is 0 Å². The van der Waals surface area contributed by atoms with E-state index in [0.717, 1.165) is 43.8 Å². The number of oxazole rings is 1. The average Bonchev–Trinajstić information content (AvgIpc) is 2.85. The highest BCUT2D eigenvalue weighted by molar-refractivity contribution is 5.27. The van der Waals surface area contributed by atoms with E-state index in [4.69, 9.17) is 4.42 Å². The highest BCUT2D eigenvalue weighted by atomic mass is 16.4. The Morgan fingerprint density at radius 2 is 2.16 bits per heavy atom. The topological polar surface area (TPSA) is 44.5 Å². The molecule has 1 saturated heterocycles. The summed E-state index contributed by atoms with van der Waals surface area (Å²) in [4.78, 5) is 9.09. The Morgan fingerprint density at radius 1 is 1.42 bits per heavy atom. The van der Waals surface area contributed by atoms with Gasteiger partial charge in [-0.05, 0) is 39.4 Å². The molecule has 0 amide bonds. The van der Waals surface area contributed by atoms with Crippen LogP contribution in [-0.2, 0) is 6.54 Å². The second-order valence-corrected chi connectivity index (χ2v) is 5.59. The fourth-order valence-electron chi connectivity index (χ4n) is 2.60. The number of hydrogen-bond acceptors (Lipinski definition) is 5. The van der Waals surface area contributed by atoms with E-state index < -0.39 is 0 Å². The smallest absolute Gasteiger partial charge is 0.297 e. The van der Waals surface area contributed by atoms with Crippen molar-refractivity contribution in [2.75, 3.05) is 45.2 Å². The van der Waals surface area contributed by atoms with Crippen LogP contribution in [0.3, 0.4) is 0 Å². The third-order valence-electron chi connectivity index (χ3n) is 3.60. The van der Waals surface area contributed by atoms with Gasteiger partial charge in [0.15, 0.2) is 0 Å². The Labute approximate surface area is 116 Å². The minimum Gasteiger partial charge on any atom is -0.432 e. The van der Waals surface area contributed by atoms with Crippen molar-refractivity contribution in [3.8, 4) is 0 Å². The molecule has 0 unspecified atom stereocenters. The van der Waals surface area contributed by atoms with Gasteiger partial charge in [0.1, 0.15) is 6.26 Å². The van der Waals surface area contributed by atoms with E-state index in [2.05, 4.69) is 41.1 Å². The highest BCUT2D eigenvalue weighted by Crippen LogP contribution is 2.23. The Hall–Kier alpha value is -1.07. The Bertz CT molecular complexity index is 369. The standard InChI is InChI=1S/C14H26N4O/c1-4-15-9-13-11-19-14(16-13)18-7-5-12(6-8-18)10-17(2)3/h11-12,15H,4-10H2,1-3H3. The van der Waals surface area contributed by atoms with E-state index in [1.54, 1.807) is 6.26 Å². The van der Waals surface area contributed by atoms with Crippen LogP contribution in [-0.4, -0.2) is 50.2 Å². The van der Waals surface area contributed by atoms with Crippen molar-refractivity contribution in [2.24, 2.45) is 5.92 Å². The number of anilines is 1. The lowest BCUT2D eigenvalue weighted by Crippen LogP contribution is -2.37. The van der Waals surface area contributed by atoms with Crippen LogP contribution in [0.1, 0.15) is 25.5 Å². The number of piperidine rings is 1. The monoisotopic (exact) mass is 266 g/mol. The molecule has 1 aromatic rings. The molecule has 1 aliphatic heterocycles. The van der Waals surface area contributed by atoms with E-state index >= 15 is 0 Å². The van der Waals surface area contributed by atoms with Gasteiger partial charge in [-0.2, -0.15) is 4.98 Å². The molecule has 1 N–H and O–H groups in total. The molecule has 0 atom stereocenters. The zero-order chi connectivity index (χ0) is 13.7. The van der Waals surface area contributed by atoms with Gasteiger partial charge in [-0.15, -0.1) is 0 Å². The molecular formula is C14H26N4O. The second-order valence-electron chi connectivity index (χ2n) is 5.59. The molecule has 5 nitrogen and oxygen atoms in total. The summed E-state index contributed by atoms with van der Waals surface area (Å²) in [6, 6.07) is 0.788. The molecule has 0 bridgehead atoms. The first-order chi connectivity index (χ1) is 9.19. The van der Waals surface area contributed by atoms with Gasteiger partial charge in [0, 0.05) is 26.2 Å². The summed E-state index contributed by atoms with van der Waals surface area (Å²) < 4.78 is 5.58. The van der Waals surface area contributed by atoms with Crippen LogP contribution >= 0.6 is 0 Å². The maximum absolute atomic E-state index is 5.58. The molecular weight excluding hydrogens is 240 g/mol. The quantitative estimate of drug-likeness (QED) is 0.846. The number of nitrogens with zero attached hydrogens (tertiary/aromatic N) is 3. The van der Waals surface area contributed by atoms with Gasteiger partial charge in [0.05, 0.1) is 5.69 Å². The zero-order valence-electron chi connectivity index (χ0n) is 12.4. The van der Waals surface area contributed by atoms with Crippen LogP contribution in [0.25, 0.3) is 0 Å². The number of nitrogens with one attached hydrogen (secondary N) is 1. The molecule has 0 saturated carbocycles. The van der Waals surface area contributed by atoms with Crippen LogP contribution in [0.2, 0.25) is 0 Å². The molecule has 1 aliphatic rings. The molecule has 0 radical (unpaired) electrons. The first-order valence-electron chi connectivity index (χ1n) is 7.23. The maximum atomic E-state index is 5.58. The summed E-state index contributed by atoms with van der Waals surface area (Å²) in [5.41, 5.74) is 0.993. The molecule has 0 aliphatic carbocycles. The van der Waals surface area contributed by atoms with Crippen LogP contribution in [0, 0.1) is 5.92 Å². The van der Waals surface area contributed by atoms with Crippen LogP contribution in [0.15, 0.2) is 10.7 Å². The first kappa shape index (κ1) is 14.3. The van der Waals surface area contributed by atoms with Crippen LogP contribution < -0.4 is 10.2 Å². The third kappa shape index (κ3) is 4.21. The largest absolute Gasteiger partial charge is 0.432 e. The number of rotatable bonds is 6. The number of hydrogen-bond donors (Lipinski definition) is 1. The first-order valence-corrected chi connectivity index (χ1v) is 7.23. The van der Waals surface area contributed by atoms with E-state index in [1.165, 1.54) is 19.4 Å². The van der Waals surface area contributed by atoms with E-state index in [-0.39, 0.29) is 0 Å². The number of aromatic nitrogens is 1. The van der Waals surface area contributed by atoms with Crippen molar-refractivity contribution in [1.82, 2.24) is 15.2 Å². The van der Waals surface area contributed by atoms with Crippen molar-refractivity contribution in [2.45, 2.75) is 26.3 Å². The molecule has 2 rings (SSSR count). The van der Waals surface area contributed by atoms with Gasteiger partial charge in [0.25, 0.3) is 6.01 Å². The molecule has 5 heteroatoms. The summed E-state index contributed by atoms with van der Waals surface area (Å²) in [7, 11) is 4.29. The van der Waals surface area contributed by atoms with Gasteiger partial charge < -0.3 is 19.5 Å². The van der Waals surface area contributed by atoms with Gasteiger partial charge in [-0.3, -0.25) is 0 Å². The van der Waals surface area contributed by atoms with Gasteiger partial charge in [0.2, 0.25) is 0 Å². The molecule has 0 spiro atoms.